The summed E-state index contributed by atoms with van der Waals surface area (Å²) in [4.78, 5) is 0. The molecule has 0 spiro atoms. The molecule has 0 atom stereocenters. The number of hydrogen-bond acceptors (Lipinski definition) is 5. The van der Waals surface area contributed by atoms with Crippen molar-refractivity contribution in [3.63, 3.8) is 0 Å². The molecule has 3 rings (SSSR count). The topological polar surface area (TPSA) is 60.2 Å². The second kappa shape index (κ2) is 7.75. The molecule has 0 aliphatic rings. The molecule has 0 amide bonds. The first-order valence-corrected chi connectivity index (χ1v) is 7.97. The van der Waals surface area contributed by atoms with E-state index in [0.717, 1.165) is 24.3 Å². The zero-order valence-corrected chi connectivity index (χ0v) is 14.0. The van der Waals surface area contributed by atoms with Crippen LogP contribution in [0.3, 0.4) is 0 Å². The maximum Gasteiger partial charge on any atom is 0.247 e. The lowest BCUT2D eigenvalue weighted by molar-refractivity contribution is 0.414. The minimum Gasteiger partial charge on any atom is -0.497 e. The molecule has 0 saturated heterocycles. The first-order chi connectivity index (χ1) is 11.7. The molecule has 0 bridgehead atoms. The number of nitrogens with zero attached hydrogens (tertiary/aromatic N) is 2. The highest BCUT2D eigenvalue weighted by Gasteiger charge is 2.08. The van der Waals surface area contributed by atoms with Crippen molar-refractivity contribution in [2.45, 2.75) is 19.9 Å². The van der Waals surface area contributed by atoms with Crippen LogP contribution in [0.5, 0.6) is 5.75 Å². The standard InChI is InChI=1S/C19H21N3O2/c1-14-5-3-7-16(11-14)19-22-21-18(24-19)13-20-10-9-15-6-4-8-17(12-15)23-2/h3-8,11-12,20H,9-10,13H2,1-2H3. The van der Waals surface area contributed by atoms with Crippen molar-refractivity contribution in [1.29, 1.82) is 0 Å². The Morgan fingerprint density at radius 3 is 2.79 bits per heavy atom. The summed E-state index contributed by atoms with van der Waals surface area (Å²) in [7, 11) is 1.68. The Morgan fingerprint density at radius 1 is 1.08 bits per heavy atom. The summed E-state index contributed by atoms with van der Waals surface area (Å²) >= 11 is 0. The molecule has 1 aromatic heterocycles. The molecule has 0 aliphatic carbocycles. The van der Waals surface area contributed by atoms with Crippen LogP contribution >= 0.6 is 0 Å². The van der Waals surface area contributed by atoms with E-state index in [2.05, 4.69) is 21.6 Å². The molecule has 1 heterocycles. The highest BCUT2D eigenvalue weighted by Crippen LogP contribution is 2.18. The van der Waals surface area contributed by atoms with E-state index in [-0.39, 0.29) is 0 Å². The molecule has 0 unspecified atom stereocenters. The molecule has 0 radical (unpaired) electrons. The molecule has 2 aromatic carbocycles. The van der Waals surface area contributed by atoms with E-state index in [4.69, 9.17) is 9.15 Å². The fourth-order valence-corrected chi connectivity index (χ4v) is 2.48. The number of rotatable bonds is 7. The maximum absolute atomic E-state index is 5.71. The maximum atomic E-state index is 5.71. The third kappa shape index (κ3) is 4.20. The lowest BCUT2D eigenvalue weighted by Gasteiger charge is -2.05. The van der Waals surface area contributed by atoms with Gasteiger partial charge in [0.25, 0.3) is 0 Å². The van der Waals surface area contributed by atoms with E-state index in [9.17, 15) is 0 Å². The van der Waals surface area contributed by atoms with Gasteiger partial charge in [0.1, 0.15) is 5.75 Å². The number of benzene rings is 2. The summed E-state index contributed by atoms with van der Waals surface area (Å²) in [6.07, 6.45) is 0.913. The van der Waals surface area contributed by atoms with Gasteiger partial charge in [-0.1, -0.05) is 29.8 Å². The van der Waals surface area contributed by atoms with Crippen molar-refractivity contribution in [3.8, 4) is 17.2 Å². The van der Waals surface area contributed by atoms with Crippen molar-refractivity contribution >= 4 is 0 Å². The van der Waals surface area contributed by atoms with Crippen LogP contribution in [0.1, 0.15) is 17.0 Å². The van der Waals surface area contributed by atoms with Crippen molar-refractivity contribution in [2.75, 3.05) is 13.7 Å². The molecule has 24 heavy (non-hydrogen) atoms. The zero-order valence-electron chi connectivity index (χ0n) is 14.0. The number of hydrogen-bond donors (Lipinski definition) is 1. The van der Waals surface area contributed by atoms with Crippen molar-refractivity contribution in [1.82, 2.24) is 15.5 Å². The van der Waals surface area contributed by atoms with Gasteiger partial charge in [0.15, 0.2) is 0 Å². The summed E-state index contributed by atoms with van der Waals surface area (Å²) in [5.74, 6) is 2.03. The molecular formula is C19H21N3O2. The fourth-order valence-electron chi connectivity index (χ4n) is 2.48. The Kier molecular flexibility index (Phi) is 5.23. The molecule has 1 N–H and O–H groups in total. The van der Waals surface area contributed by atoms with E-state index in [1.807, 2.05) is 49.4 Å². The van der Waals surface area contributed by atoms with Gasteiger partial charge in [-0.3, -0.25) is 0 Å². The second-order valence-corrected chi connectivity index (χ2v) is 5.65. The SMILES string of the molecule is COc1cccc(CCNCc2nnc(-c3cccc(C)c3)o2)c1. The molecular weight excluding hydrogens is 302 g/mol. The lowest BCUT2D eigenvalue weighted by Crippen LogP contribution is -2.16. The number of methoxy groups -OCH3 is 1. The normalized spacial score (nSPS) is 10.8. The first-order valence-electron chi connectivity index (χ1n) is 7.97. The van der Waals surface area contributed by atoms with Gasteiger partial charge < -0.3 is 14.5 Å². The Labute approximate surface area is 141 Å². The number of ether oxygens (including phenoxy) is 1. The zero-order chi connectivity index (χ0) is 16.8. The third-order valence-corrected chi connectivity index (χ3v) is 3.73. The monoisotopic (exact) mass is 323 g/mol. The molecule has 3 aromatic rings. The van der Waals surface area contributed by atoms with Gasteiger partial charge in [-0.25, -0.2) is 0 Å². The Hall–Kier alpha value is -2.66. The van der Waals surface area contributed by atoms with Crippen molar-refractivity contribution in [2.24, 2.45) is 0 Å². The highest BCUT2D eigenvalue weighted by molar-refractivity contribution is 5.53. The van der Waals surface area contributed by atoms with E-state index >= 15 is 0 Å². The summed E-state index contributed by atoms with van der Waals surface area (Å²) in [6, 6.07) is 16.1. The highest BCUT2D eigenvalue weighted by atomic mass is 16.5. The van der Waals surface area contributed by atoms with Crippen LogP contribution in [-0.4, -0.2) is 23.9 Å². The minimum atomic E-state index is 0.558. The minimum absolute atomic E-state index is 0.558. The van der Waals surface area contributed by atoms with Gasteiger partial charge >= 0.3 is 0 Å². The summed E-state index contributed by atoms with van der Waals surface area (Å²) in [5.41, 5.74) is 3.35. The number of aromatic nitrogens is 2. The summed E-state index contributed by atoms with van der Waals surface area (Å²) < 4.78 is 10.9. The van der Waals surface area contributed by atoms with Crippen LogP contribution in [0.2, 0.25) is 0 Å². The van der Waals surface area contributed by atoms with Gasteiger partial charge in [0.05, 0.1) is 13.7 Å². The molecule has 5 heteroatoms. The van der Waals surface area contributed by atoms with E-state index in [1.54, 1.807) is 7.11 Å². The van der Waals surface area contributed by atoms with Crippen LogP contribution in [0, 0.1) is 6.92 Å². The number of nitrogens with one attached hydrogen (secondary N) is 1. The van der Waals surface area contributed by atoms with E-state index in [1.165, 1.54) is 11.1 Å². The molecule has 124 valence electrons. The van der Waals surface area contributed by atoms with Gasteiger partial charge in [-0.15, -0.1) is 10.2 Å². The van der Waals surface area contributed by atoms with Crippen LogP contribution in [0.15, 0.2) is 52.9 Å². The predicted octanol–water partition coefficient (Wildman–Crippen LogP) is 3.39. The Bertz CT molecular complexity index is 799. The number of aryl methyl sites for hydroxylation is 1. The fraction of sp³-hybridized carbons (Fsp3) is 0.263. The summed E-state index contributed by atoms with van der Waals surface area (Å²) in [6.45, 7) is 3.43. The van der Waals surface area contributed by atoms with Crippen LogP contribution in [0.4, 0.5) is 0 Å². The van der Waals surface area contributed by atoms with E-state index in [0.29, 0.717) is 18.3 Å². The quantitative estimate of drug-likeness (QED) is 0.675. The average Bonchev–Trinajstić information content (AvgIpc) is 3.08. The first kappa shape index (κ1) is 16.2. The Balaban J connectivity index is 1.50. The van der Waals surface area contributed by atoms with Crippen molar-refractivity contribution in [3.05, 3.63) is 65.5 Å². The smallest absolute Gasteiger partial charge is 0.247 e. The predicted molar refractivity (Wildman–Crippen MR) is 92.9 cm³/mol. The van der Waals surface area contributed by atoms with E-state index < -0.39 is 0 Å². The van der Waals surface area contributed by atoms with Crippen LogP contribution in [0.25, 0.3) is 11.5 Å². The van der Waals surface area contributed by atoms with Gasteiger partial charge in [-0.2, -0.15) is 0 Å². The second-order valence-electron chi connectivity index (χ2n) is 5.65. The van der Waals surface area contributed by atoms with Gasteiger partial charge in [0, 0.05) is 5.56 Å². The van der Waals surface area contributed by atoms with Crippen molar-refractivity contribution < 1.29 is 9.15 Å². The molecule has 0 aliphatic heterocycles. The van der Waals surface area contributed by atoms with Gasteiger partial charge in [0.2, 0.25) is 11.8 Å². The largest absolute Gasteiger partial charge is 0.497 e. The molecule has 0 saturated carbocycles. The van der Waals surface area contributed by atoms with Crippen LogP contribution in [-0.2, 0) is 13.0 Å². The Morgan fingerprint density at radius 2 is 1.96 bits per heavy atom. The third-order valence-electron chi connectivity index (χ3n) is 3.73. The summed E-state index contributed by atoms with van der Waals surface area (Å²) in [5, 5.41) is 11.5. The van der Waals surface area contributed by atoms with Crippen LogP contribution < -0.4 is 10.1 Å². The average molecular weight is 323 g/mol. The molecule has 5 nitrogen and oxygen atoms in total. The van der Waals surface area contributed by atoms with Gasteiger partial charge in [-0.05, 0) is 49.7 Å². The molecule has 0 fully saturated rings. The lowest BCUT2D eigenvalue weighted by atomic mass is 10.1.